The molecule has 0 N–H and O–H groups in total. The van der Waals surface area contributed by atoms with Crippen LogP contribution in [-0.4, -0.2) is 33.5 Å². The molecule has 0 saturated carbocycles. The van der Waals surface area contributed by atoms with E-state index in [-0.39, 0.29) is 5.91 Å². The number of carbonyl (C=O) groups excluding carboxylic acids is 1. The van der Waals surface area contributed by atoms with Gasteiger partial charge in [-0.25, -0.2) is 9.97 Å². The van der Waals surface area contributed by atoms with Crippen LogP contribution in [0.15, 0.2) is 42.2 Å². The van der Waals surface area contributed by atoms with Crippen molar-refractivity contribution >= 4 is 28.1 Å². The molecule has 1 amide bonds. The molecule has 0 saturated heterocycles. The Hall–Kier alpha value is -2.67. The van der Waals surface area contributed by atoms with Gasteiger partial charge in [0.1, 0.15) is 5.69 Å². The van der Waals surface area contributed by atoms with E-state index < -0.39 is 0 Å². The Kier molecular flexibility index (Phi) is 5.60. The van der Waals surface area contributed by atoms with Crippen molar-refractivity contribution in [3.05, 3.63) is 59.1 Å². The molecule has 2 aromatic heterocycles. The van der Waals surface area contributed by atoms with Crippen LogP contribution in [0.25, 0.3) is 0 Å². The first kappa shape index (κ1) is 19.1. The van der Waals surface area contributed by atoms with Gasteiger partial charge in [-0.1, -0.05) is 17.7 Å². The van der Waals surface area contributed by atoms with E-state index in [9.17, 15) is 4.79 Å². The number of hydrogen-bond acceptors (Lipinski definition) is 5. The fraction of sp³-hybridized carbons (Fsp3) is 0.350. The van der Waals surface area contributed by atoms with Crippen molar-refractivity contribution in [1.29, 1.82) is 0 Å². The van der Waals surface area contributed by atoms with Crippen LogP contribution in [0, 0.1) is 6.92 Å². The molecule has 0 aliphatic heterocycles. The Balaban J connectivity index is 1.90. The summed E-state index contributed by atoms with van der Waals surface area (Å²) >= 11 is 1.59. The Labute approximate surface area is 164 Å². The lowest BCUT2D eigenvalue weighted by Gasteiger charge is -2.22. The van der Waals surface area contributed by atoms with Gasteiger partial charge in [0.25, 0.3) is 5.91 Å². The number of anilines is 2. The highest BCUT2D eigenvalue weighted by molar-refractivity contribution is 7.13. The second-order valence-electron chi connectivity index (χ2n) is 6.98. The predicted octanol–water partition coefficient (Wildman–Crippen LogP) is 3.88. The maximum atomic E-state index is 13.1. The summed E-state index contributed by atoms with van der Waals surface area (Å²) in [6, 6.07) is 8.31. The van der Waals surface area contributed by atoms with E-state index in [1.165, 1.54) is 0 Å². The van der Waals surface area contributed by atoms with Gasteiger partial charge in [-0.05, 0) is 32.9 Å². The normalized spacial score (nSPS) is 11.0. The van der Waals surface area contributed by atoms with E-state index in [1.807, 2.05) is 50.7 Å². The van der Waals surface area contributed by atoms with Crippen LogP contribution >= 0.6 is 11.3 Å². The highest BCUT2D eigenvalue weighted by Gasteiger charge is 2.22. The molecule has 27 heavy (non-hydrogen) atoms. The van der Waals surface area contributed by atoms with Crippen molar-refractivity contribution < 1.29 is 4.79 Å². The fourth-order valence-corrected chi connectivity index (χ4v) is 3.50. The molecule has 3 rings (SSSR count). The van der Waals surface area contributed by atoms with Gasteiger partial charge >= 0.3 is 0 Å². The van der Waals surface area contributed by atoms with E-state index in [0.717, 1.165) is 22.1 Å². The summed E-state index contributed by atoms with van der Waals surface area (Å²) < 4.78 is 1.78. The number of carbonyl (C=O) groups is 1. The third-order valence-electron chi connectivity index (χ3n) is 4.45. The molecule has 0 aliphatic carbocycles. The van der Waals surface area contributed by atoms with Gasteiger partial charge in [0.2, 0.25) is 0 Å². The van der Waals surface area contributed by atoms with Crippen molar-refractivity contribution in [2.45, 2.75) is 33.4 Å². The number of benzene rings is 1. The third kappa shape index (κ3) is 4.36. The number of rotatable bonds is 6. The molecule has 142 valence electrons. The molecule has 6 nitrogen and oxygen atoms in total. The van der Waals surface area contributed by atoms with Gasteiger partial charge in [-0.3, -0.25) is 4.79 Å². The molecule has 0 spiro atoms. The topological polar surface area (TPSA) is 54.3 Å². The van der Waals surface area contributed by atoms with Crippen LogP contribution in [0.2, 0.25) is 0 Å². The van der Waals surface area contributed by atoms with Crippen LogP contribution < -0.4 is 9.80 Å². The van der Waals surface area contributed by atoms with Crippen LogP contribution in [0.4, 0.5) is 10.8 Å². The summed E-state index contributed by atoms with van der Waals surface area (Å²) in [6.45, 7) is 6.69. The lowest BCUT2D eigenvalue weighted by atomic mass is 10.2. The van der Waals surface area contributed by atoms with Crippen molar-refractivity contribution in [2.24, 2.45) is 7.05 Å². The van der Waals surface area contributed by atoms with Gasteiger partial charge < -0.3 is 14.4 Å². The van der Waals surface area contributed by atoms with Crippen LogP contribution in [0.3, 0.4) is 0 Å². The van der Waals surface area contributed by atoms with Crippen molar-refractivity contribution in [2.75, 3.05) is 16.8 Å². The number of thiazole rings is 1. The molecule has 0 bridgehead atoms. The zero-order valence-corrected chi connectivity index (χ0v) is 17.2. The van der Waals surface area contributed by atoms with Crippen molar-refractivity contribution in [3.63, 3.8) is 0 Å². The smallest absolute Gasteiger partial charge is 0.278 e. The van der Waals surface area contributed by atoms with E-state index >= 15 is 0 Å². The van der Waals surface area contributed by atoms with E-state index in [0.29, 0.717) is 18.3 Å². The first-order valence-electron chi connectivity index (χ1n) is 8.89. The maximum Gasteiger partial charge on any atom is 0.278 e. The highest BCUT2D eigenvalue weighted by Crippen LogP contribution is 2.25. The van der Waals surface area contributed by atoms with Gasteiger partial charge in [0.15, 0.2) is 5.13 Å². The average Bonchev–Trinajstić information content (AvgIpc) is 3.28. The monoisotopic (exact) mass is 383 g/mol. The molecule has 3 aromatic rings. The number of hydrogen-bond donors (Lipinski definition) is 0. The largest absolute Gasteiger partial charge is 0.349 e. The molecule has 0 unspecified atom stereocenters. The molecule has 0 aliphatic rings. The summed E-state index contributed by atoms with van der Waals surface area (Å²) in [4.78, 5) is 25.9. The maximum absolute atomic E-state index is 13.1. The minimum absolute atomic E-state index is 0.133. The summed E-state index contributed by atoms with van der Waals surface area (Å²) in [5, 5.41) is 2.97. The van der Waals surface area contributed by atoms with Crippen LogP contribution in [-0.2, 0) is 13.6 Å². The molecule has 0 radical (unpaired) electrons. The van der Waals surface area contributed by atoms with E-state index in [1.54, 1.807) is 33.3 Å². The third-order valence-corrected chi connectivity index (χ3v) is 5.43. The summed E-state index contributed by atoms with van der Waals surface area (Å²) in [6.07, 6.45) is 3.38. The minimum atomic E-state index is -0.133. The van der Waals surface area contributed by atoms with Gasteiger partial charge in [0, 0.05) is 37.4 Å². The van der Waals surface area contributed by atoms with E-state index in [2.05, 4.69) is 23.7 Å². The number of nitrogens with zero attached hydrogens (tertiary/aromatic N) is 5. The molecular formula is C20H25N5OS. The van der Waals surface area contributed by atoms with Crippen molar-refractivity contribution in [1.82, 2.24) is 14.5 Å². The first-order valence-corrected chi connectivity index (χ1v) is 9.77. The second kappa shape index (κ2) is 7.92. The SMILES string of the molecule is Cc1ccc(N(Cc2csc(N(C)C(C)C)n2)C(=O)c2cn(C)cn2)cc1. The zero-order chi connectivity index (χ0) is 19.6. The lowest BCUT2D eigenvalue weighted by molar-refractivity contribution is 0.0980. The summed E-state index contributed by atoms with van der Waals surface area (Å²) in [5.74, 6) is -0.133. The molecule has 0 atom stereocenters. The number of aromatic nitrogens is 3. The van der Waals surface area contributed by atoms with Crippen molar-refractivity contribution in [3.8, 4) is 0 Å². The molecule has 0 fully saturated rings. The molecule has 7 heteroatoms. The zero-order valence-electron chi connectivity index (χ0n) is 16.4. The molecular weight excluding hydrogens is 358 g/mol. The standard InChI is InChI=1S/C20H25N5OS/c1-14(2)24(5)20-22-16(12-27-20)10-25(17-8-6-15(3)7-9-17)19(26)18-11-23(4)13-21-18/h6-9,11-14H,10H2,1-5H3. The van der Waals surface area contributed by atoms with Crippen LogP contribution in [0.5, 0.6) is 0 Å². The summed E-state index contributed by atoms with van der Waals surface area (Å²) in [5.41, 5.74) is 3.28. The second-order valence-corrected chi connectivity index (χ2v) is 7.81. The van der Waals surface area contributed by atoms with E-state index in [4.69, 9.17) is 4.98 Å². The Morgan fingerprint density at radius 2 is 1.96 bits per heavy atom. The predicted molar refractivity (Wildman–Crippen MR) is 111 cm³/mol. The Bertz CT molecular complexity index is 913. The van der Waals surface area contributed by atoms with Crippen LogP contribution in [0.1, 0.15) is 35.6 Å². The number of aryl methyl sites for hydroxylation is 2. The Morgan fingerprint density at radius 3 is 2.56 bits per heavy atom. The fourth-order valence-electron chi connectivity index (χ4n) is 2.58. The quantitative estimate of drug-likeness (QED) is 0.648. The van der Waals surface area contributed by atoms with Gasteiger partial charge in [0.05, 0.1) is 18.6 Å². The number of amides is 1. The van der Waals surface area contributed by atoms with Gasteiger partial charge in [-0.2, -0.15) is 0 Å². The van der Waals surface area contributed by atoms with Gasteiger partial charge in [-0.15, -0.1) is 11.3 Å². The average molecular weight is 384 g/mol. The highest BCUT2D eigenvalue weighted by atomic mass is 32.1. The molecule has 1 aromatic carbocycles. The lowest BCUT2D eigenvalue weighted by Crippen LogP contribution is -2.31. The summed E-state index contributed by atoms with van der Waals surface area (Å²) in [7, 11) is 3.89. The minimum Gasteiger partial charge on any atom is -0.349 e. The number of imidazole rings is 1. The molecule has 2 heterocycles. The first-order chi connectivity index (χ1) is 12.8. The Morgan fingerprint density at radius 1 is 1.26 bits per heavy atom.